The zero-order valence-corrected chi connectivity index (χ0v) is 22.1. The number of rotatable bonds is 5. The highest BCUT2D eigenvalue weighted by molar-refractivity contribution is 5.78. The summed E-state index contributed by atoms with van der Waals surface area (Å²) in [5.74, 6) is 1.16. The minimum absolute atomic E-state index is 0.0506. The summed E-state index contributed by atoms with van der Waals surface area (Å²) in [5.41, 5.74) is 3.21. The lowest BCUT2D eigenvalue weighted by molar-refractivity contribution is -0.139. The fourth-order valence-corrected chi connectivity index (χ4v) is 6.12. The van der Waals surface area contributed by atoms with E-state index in [2.05, 4.69) is 14.8 Å². The summed E-state index contributed by atoms with van der Waals surface area (Å²) in [7, 11) is 0. The van der Waals surface area contributed by atoms with Crippen molar-refractivity contribution in [2.24, 2.45) is 0 Å². The van der Waals surface area contributed by atoms with Gasteiger partial charge in [-0.2, -0.15) is 0 Å². The lowest BCUT2D eigenvalue weighted by Crippen LogP contribution is -2.59. The van der Waals surface area contributed by atoms with Gasteiger partial charge >= 0.3 is 0 Å². The van der Waals surface area contributed by atoms with Crippen LogP contribution in [0.5, 0.6) is 0 Å². The molecule has 0 saturated carbocycles. The van der Waals surface area contributed by atoms with Gasteiger partial charge in [0.05, 0.1) is 17.9 Å². The molecule has 4 aromatic rings. The molecule has 6 rings (SSSR count). The van der Waals surface area contributed by atoms with Crippen LogP contribution in [0.4, 0.5) is 16.0 Å². The molecule has 0 unspecified atom stereocenters. The number of aromatic nitrogens is 4. The first-order valence-electron chi connectivity index (χ1n) is 13.4. The highest BCUT2D eigenvalue weighted by atomic mass is 19.1. The van der Waals surface area contributed by atoms with Gasteiger partial charge in [0.1, 0.15) is 29.8 Å². The Labute approximate surface area is 226 Å². The summed E-state index contributed by atoms with van der Waals surface area (Å²) in [6, 6.07) is 16.6. The minimum Gasteiger partial charge on any atom is -0.387 e. The second-order valence-electron chi connectivity index (χ2n) is 10.5. The Morgan fingerprint density at radius 1 is 1.05 bits per heavy atom. The van der Waals surface area contributed by atoms with E-state index in [-0.39, 0.29) is 29.8 Å². The normalized spacial score (nSPS) is 21.6. The first-order chi connectivity index (χ1) is 18.9. The van der Waals surface area contributed by atoms with Crippen molar-refractivity contribution in [1.82, 2.24) is 24.5 Å². The van der Waals surface area contributed by atoms with Gasteiger partial charge in [0.15, 0.2) is 5.65 Å². The van der Waals surface area contributed by atoms with Crippen molar-refractivity contribution < 1.29 is 14.3 Å². The number of aliphatic hydroxyl groups excluding tert-OH is 1. The first kappa shape index (κ1) is 25.2. The number of benzene rings is 1. The standard InChI is InChI=1S/C29H32FN7O2/c1-19-16-34(17-20(2)36(19)29(39)18-38)27-10-4-8-23(32-27)25-15-31-26-11-12-28(33-37(25)26)35-13-5-9-24(35)21-6-3-7-22(30)14-21/h3-4,6-8,10-12,14-15,19-20,24,38H,5,9,13,16-18H2,1-2H3/t19-,20-,24-/m1/s1. The summed E-state index contributed by atoms with van der Waals surface area (Å²) >= 11 is 0. The van der Waals surface area contributed by atoms with E-state index in [1.54, 1.807) is 23.2 Å². The Kier molecular flexibility index (Phi) is 6.64. The maximum atomic E-state index is 14.0. The van der Waals surface area contributed by atoms with E-state index in [1.807, 2.05) is 54.8 Å². The molecule has 2 fully saturated rings. The molecule has 0 bridgehead atoms. The molecule has 1 N–H and O–H groups in total. The fraction of sp³-hybridized carbons (Fsp3) is 0.379. The predicted octanol–water partition coefficient (Wildman–Crippen LogP) is 3.69. The van der Waals surface area contributed by atoms with E-state index in [0.29, 0.717) is 13.1 Å². The molecule has 3 atom stereocenters. The van der Waals surface area contributed by atoms with Crippen molar-refractivity contribution >= 4 is 23.2 Å². The van der Waals surface area contributed by atoms with Gasteiger partial charge in [-0.3, -0.25) is 4.79 Å². The van der Waals surface area contributed by atoms with Crippen molar-refractivity contribution in [1.29, 1.82) is 0 Å². The molecule has 10 heteroatoms. The number of carbonyl (C=O) groups is 1. The molecule has 202 valence electrons. The quantitative estimate of drug-likeness (QED) is 0.422. The number of piperazine rings is 1. The van der Waals surface area contributed by atoms with Gasteiger partial charge in [0.25, 0.3) is 0 Å². The number of aliphatic hydroxyl groups is 1. The average molecular weight is 530 g/mol. The van der Waals surface area contributed by atoms with Crippen molar-refractivity contribution in [2.75, 3.05) is 36.0 Å². The molecule has 2 aliphatic rings. The smallest absolute Gasteiger partial charge is 0.248 e. The number of imidazole rings is 1. The lowest BCUT2D eigenvalue weighted by Gasteiger charge is -2.44. The number of carbonyl (C=O) groups excluding carboxylic acids is 1. The van der Waals surface area contributed by atoms with Crippen LogP contribution in [0.2, 0.25) is 0 Å². The number of anilines is 2. The molecule has 2 aliphatic heterocycles. The number of hydrogen-bond acceptors (Lipinski definition) is 7. The Morgan fingerprint density at radius 2 is 1.85 bits per heavy atom. The number of pyridine rings is 1. The van der Waals surface area contributed by atoms with Gasteiger partial charge in [-0.05, 0) is 68.7 Å². The van der Waals surface area contributed by atoms with E-state index in [0.717, 1.165) is 53.6 Å². The second-order valence-corrected chi connectivity index (χ2v) is 10.5. The largest absolute Gasteiger partial charge is 0.387 e. The molecule has 0 radical (unpaired) electrons. The lowest BCUT2D eigenvalue weighted by atomic mass is 10.0. The Morgan fingerprint density at radius 3 is 2.62 bits per heavy atom. The molecule has 5 heterocycles. The van der Waals surface area contributed by atoms with Crippen LogP contribution in [0.1, 0.15) is 38.3 Å². The molecule has 3 aromatic heterocycles. The first-order valence-corrected chi connectivity index (χ1v) is 13.4. The SMILES string of the molecule is C[C@@H]1CN(c2cccc(-c3cnc4ccc(N5CCC[C@@H]5c5cccc(F)c5)nn34)n2)C[C@@H](C)N1C(=O)CO. The van der Waals surface area contributed by atoms with Crippen LogP contribution in [0.3, 0.4) is 0 Å². The third-order valence-corrected chi connectivity index (χ3v) is 7.79. The van der Waals surface area contributed by atoms with Gasteiger partial charge in [0.2, 0.25) is 5.91 Å². The van der Waals surface area contributed by atoms with E-state index < -0.39 is 6.61 Å². The van der Waals surface area contributed by atoms with E-state index in [9.17, 15) is 14.3 Å². The van der Waals surface area contributed by atoms with Gasteiger partial charge in [-0.25, -0.2) is 18.9 Å². The maximum Gasteiger partial charge on any atom is 0.248 e. The molecular weight excluding hydrogens is 497 g/mol. The molecule has 0 spiro atoms. The molecule has 39 heavy (non-hydrogen) atoms. The molecule has 2 saturated heterocycles. The van der Waals surface area contributed by atoms with Crippen LogP contribution in [-0.4, -0.2) is 73.8 Å². The van der Waals surface area contributed by atoms with Gasteiger partial charge in [-0.1, -0.05) is 18.2 Å². The van der Waals surface area contributed by atoms with Gasteiger partial charge in [-0.15, -0.1) is 5.10 Å². The summed E-state index contributed by atoms with van der Waals surface area (Å²) < 4.78 is 15.8. The average Bonchev–Trinajstić information content (AvgIpc) is 3.60. The third-order valence-electron chi connectivity index (χ3n) is 7.79. The fourth-order valence-electron chi connectivity index (χ4n) is 6.12. The highest BCUT2D eigenvalue weighted by Gasteiger charge is 2.33. The van der Waals surface area contributed by atoms with Crippen molar-refractivity contribution in [2.45, 2.75) is 44.8 Å². The van der Waals surface area contributed by atoms with Crippen LogP contribution in [0.15, 0.2) is 60.8 Å². The Hall–Kier alpha value is -4.05. The Bertz CT molecular complexity index is 1500. The third kappa shape index (κ3) is 4.69. The van der Waals surface area contributed by atoms with Crippen molar-refractivity contribution in [3.63, 3.8) is 0 Å². The van der Waals surface area contributed by atoms with Gasteiger partial charge < -0.3 is 19.8 Å². The number of amides is 1. The zero-order valence-electron chi connectivity index (χ0n) is 22.1. The van der Waals surface area contributed by atoms with Crippen molar-refractivity contribution in [3.05, 3.63) is 72.2 Å². The number of nitrogens with zero attached hydrogens (tertiary/aromatic N) is 7. The van der Waals surface area contributed by atoms with Crippen LogP contribution < -0.4 is 9.80 Å². The van der Waals surface area contributed by atoms with E-state index in [4.69, 9.17) is 10.1 Å². The summed E-state index contributed by atoms with van der Waals surface area (Å²) in [6.45, 7) is 5.60. The number of hydrogen-bond donors (Lipinski definition) is 1. The van der Waals surface area contributed by atoms with E-state index in [1.165, 1.54) is 6.07 Å². The molecule has 1 amide bonds. The zero-order chi connectivity index (χ0) is 27.1. The Balaban J connectivity index is 1.30. The summed E-state index contributed by atoms with van der Waals surface area (Å²) in [6.07, 6.45) is 3.74. The van der Waals surface area contributed by atoms with Crippen molar-refractivity contribution in [3.8, 4) is 11.4 Å². The van der Waals surface area contributed by atoms with Crippen LogP contribution >= 0.6 is 0 Å². The topological polar surface area (TPSA) is 90.1 Å². The van der Waals surface area contributed by atoms with Crippen LogP contribution in [-0.2, 0) is 4.79 Å². The summed E-state index contributed by atoms with van der Waals surface area (Å²) in [4.78, 5) is 27.9. The van der Waals surface area contributed by atoms with Crippen LogP contribution in [0.25, 0.3) is 17.0 Å². The monoisotopic (exact) mass is 529 g/mol. The molecule has 9 nitrogen and oxygen atoms in total. The molecular formula is C29H32FN7O2. The molecule has 1 aromatic carbocycles. The van der Waals surface area contributed by atoms with E-state index >= 15 is 0 Å². The highest BCUT2D eigenvalue weighted by Crippen LogP contribution is 2.36. The summed E-state index contributed by atoms with van der Waals surface area (Å²) in [5, 5.41) is 14.3. The number of fused-ring (bicyclic) bond motifs is 1. The molecule has 0 aliphatic carbocycles. The second kappa shape index (κ2) is 10.3. The maximum absolute atomic E-state index is 14.0. The minimum atomic E-state index is -0.480. The van der Waals surface area contributed by atoms with Gasteiger partial charge in [0, 0.05) is 31.7 Å². The van der Waals surface area contributed by atoms with Crippen LogP contribution in [0, 0.1) is 5.82 Å². The number of halogens is 1. The predicted molar refractivity (Wildman–Crippen MR) is 147 cm³/mol.